The summed E-state index contributed by atoms with van der Waals surface area (Å²) < 4.78 is 30.9. The summed E-state index contributed by atoms with van der Waals surface area (Å²) >= 11 is 6.87. The molecule has 2 aromatic carbocycles. The molecule has 0 bridgehead atoms. The lowest BCUT2D eigenvalue weighted by Crippen LogP contribution is -2.30. The van der Waals surface area contributed by atoms with Gasteiger partial charge in [0.05, 0.1) is 5.75 Å². The largest absolute Gasteiger partial charge is 0.340 e. The number of thioether (sulfide) groups is 1. The molecule has 1 aromatic heterocycles. The molecule has 0 aliphatic heterocycles. The maximum absolute atomic E-state index is 13.1. The smallest absolute Gasteiger partial charge is 0.313 e. The Kier molecular flexibility index (Phi) is 5.69. The first-order valence-electron chi connectivity index (χ1n) is 7.23. The zero-order valence-electron chi connectivity index (χ0n) is 13.0. The van der Waals surface area contributed by atoms with Crippen molar-refractivity contribution in [2.45, 2.75) is 4.90 Å². The first-order valence-corrected chi connectivity index (χ1v) is 8.60. The quantitative estimate of drug-likeness (QED) is 0.486. The highest BCUT2D eigenvalue weighted by Crippen LogP contribution is 2.21. The van der Waals surface area contributed by atoms with E-state index in [-0.39, 0.29) is 11.8 Å². The van der Waals surface area contributed by atoms with Crippen LogP contribution in [0.5, 0.6) is 0 Å². The molecule has 0 aliphatic carbocycles. The fraction of sp³-hybridized carbons (Fsp3) is 0.0625. The molecule has 0 fully saturated rings. The van der Waals surface area contributed by atoms with Crippen LogP contribution in [0.2, 0.25) is 5.02 Å². The number of nitrogens with zero attached hydrogens (tertiary/aromatic N) is 2. The first-order chi connectivity index (χ1) is 12.5. The Balaban J connectivity index is 1.50. The van der Waals surface area contributed by atoms with Gasteiger partial charge >= 0.3 is 6.01 Å². The van der Waals surface area contributed by atoms with Gasteiger partial charge in [-0.2, -0.15) is 4.98 Å². The lowest BCUT2D eigenvalue weighted by molar-refractivity contribution is -0.118. The number of hydrogen-bond donors (Lipinski definition) is 2. The predicted molar refractivity (Wildman–Crippen MR) is 93.6 cm³/mol. The summed E-state index contributed by atoms with van der Waals surface area (Å²) in [6, 6.07) is 10.3. The Morgan fingerprint density at radius 1 is 1.15 bits per heavy atom. The fourth-order valence-electron chi connectivity index (χ4n) is 1.87. The third-order valence-corrected chi connectivity index (χ3v) is 4.34. The molecule has 0 aliphatic rings. The van der Waals surface area contributed by atoms with Crippen molar-refractivity contribution in [2.75, 3.05) is 11.2 Å². The summed E-state index contributed by atoms with van der Waals surface area (Å²) in [6.45, 7) is 0. The molecule has 3 rings (SSSR count). The predicted octanol–water partition coefficient (Wildman–Crippen LogP) is 3.90. The van der Waals surface area contributed by atoms with Crippen molar-refractivity contribution < 1.29 is 18.1 Å². The van der Waals surface area contributed by atoms with E-state index in [1.807, 2.05) is 0 Å². The van der Waals surface area contributed by atoms with Gasteiger partial charge in [-0.25, -0.2) is 14.2 Å². The van der Waals surface area contributed by atoms with E-state index in [0.717, 1.165) is 23.9 Å². The summed E-state index contributed by atoms with van der Waals surface area (Å²) in [4.78, 5) is 16.3. The second-order valence-corrected chi connectivity index (χ2v) is 6.45. The molecule has 0 saturated heterocycles. The van der Waals surface area contributed by atoms with E-state index in [9.17, 15) is 13.6 Å². The van der Waals surface area contributed by atoms with E-state index >= 15 is 0 Å². The number of rotatable bonds is 6. The molecule has 2 N–H and O–H groups in total. The number of benzene rings is 2. The number of hydrogen-bond acceptors (Lipinski definition) is 6. The number of aromatic nitrogens is 2. The van der Waals surface area contributed by atoms with Crippen molar-refractivity contribution in [3.05, 3.63) is 59.1 Å². The molecule has 0 atom stereocenters. The maximum Gasteiger partial charge on any atom is 0.340 e. The molecule has 1 heterocycles. The average Bonchev–Trinajstić information content (AvgIpc) is 3.10. The van der Waals surface area contributed by atoms with Gasteiger partial charge in [-0.3, -0.25) is 10.2 Å². The van der Waals surface area contributed by atoms with Crippen molar-refractivity contribution >= 4 is 35.3 Å². The summed E-state index contributed by atoms with van der Waals surface area (Å²) in [5.41, 5.74) is 5.56. The van der Waals surface area contributed by atoms with Gasteiger partial charge in [0.1, 0.15) is 0 Å². The Labute approximate surface area is 155 Å². The van der Waals surface area contributed by atoms with Crippen molar-refractivity contribution in [2.24, 2.45) is 0 Å². The lowest BCUT2D eigenvalue weighted by Gasteiger charge is -2.04. The van der Waals surface area contributed by atoms with Crippen LogP contribution in [0.4, 0.5) is 14.8 Å². The molecule has 3 aromatic rings. The van der Waals surface area contributed by atoms with Gasteiger partial charge in [0.15, 0.2) is 11.6 Å². The summed E-state index contributed by atoms with van der Waals surface area (Å²) in [6.07, 6.45) is 0. The van der Waals surface area contributed by atoms with Gasteiger partial charge in [0.25, 0.3) is 0 Å². The molecule has 0 spiro atoms. The number of hydrazine groups is 1. The minimum atomic E-state index is -0.964. The summed E-state index contributed by atoms with van der Waals surface area (Å²) in [5.74, 6) is -2.00. The van der Waals surface area contributed by atoms with Gasteiger partial charge in [0.2, 0.25) is 11.7 Å². The molecule has 134 valence electrons. The van der Waals surface area contributed by atoms with Crippen LogP contribution in [-0.2, 0) is 4.79 Å². The highest BCUT2D eigenvalue weighted by Gasteiger charge is 2.10. The van der Waals surface area contributed by atoms with Crippen LogP contribution in [0, 0.1) is 11.6 Å². The van der Waals surface area contributed by atoms with Crippen LogP contribution in [0.15, 0.2) is 51.9 Å². The van der Waals surface area contributed by atoms with Crippen LogP contribution in [0.3, 0.4) is 0 Å². The van der Waals surface area contributed by atoms with E-state index in [4.69, 9.17) is 16.1 Å². The fourth-order valence-corrected chi connectivity index (χ4v) is 2.71. The Morgan fingerprint density at radius 3 is 2.65 bits per heavy atom. The Bertz CT molecular complexity index is 921. The number of carbonyl (C=O) groups is 1. The highest BCUT2D eigenvalue weighted by atomic mass is 35.5. The molecule has 10 heteroatoms. The standard InChI is InChI=1S/C16H11ClF2N4O2S/c17-10-3-1-9(2-4-10)15-20-16(25-23-15)22-21-14(24)8-26-11-5-6-12(18)13(19)7-11/h1-7H,8H2,(H,21,24)(H,20,22,23). The van der Waals surface area contributed by atoms with E-state index in [1.54, 1.807) is 24.3 Å². The molecule has 6 nitrogen and oxygen atoms in total. The van der Waals surface area contributed by atoms with Crippen LogP contribution in [-0.4, -0.2) is 21.8 Å². The van der Waals surface area contributed by atoms with Gasteiger partial charge in [-0.1, -0.05) is 16.8 Å². The number of anilines is 1. The van der Waals surface area contributed by atoms with Crippen LogP contribution in [0.1, 0.15) is 0 Å². The van der Waals surface area contributed by atoms with E-state index in [0.29, 0.717) is 21.3 Å². The van der Waals surface area contributed by atoms with Gasteiger partial charge in [0, 0.05) is 15.5 Å². The second-order valence-electron chi connectivity index (χ2n) is 4.97. The van der Waals surface area contributed by atoms with Crippen LogP contribution in [0.25, 0.3) is 11.4 Å². The highest BCUT2D eigenvalue weighted by molar-refractivity contribution is 8.00. The van der Waals surface area contributed by atoms with Gasteiger partial charge in [-0.15, -0.1) is 11.8 Å². The van der Waals surface area contributed by atoms with Crippen molar-refractivity contribution in [3.8, 4) is 11.4 Å². The van der Waals surface area contributed by atoms with Crippen LogP contribution < -0.4 is 10.9 Å². The number of nitrogens with one attached hydrogen (secondary N) is 2. The monoisotopic (exact) mass is 396 g/mol. The van der Waals surface area contributed by atoms with Gasteiger partial charge < -0.3 is 4.52 Å². The van der Waals surface area contributed by atoms with Crippen LogP contribution >= 0.6 is 23.4 Å². The summed E-state index contributed by atoms with van der Waals surface area (Å²) in [5, 5.41) is 4.36. The first kappa shape index (κ1) is 18.2. The minimum absolute atomic E-state index is 0.00104. The maximum atomic E-state index is 13.1. The molecular weight excluding hydrogens is 386 g/mol. The molecule has 1 amide bonds. The van der Waals surface area contributed by atoms with Crippen molar-refractivity contribution in [1.29, 1.82) is 0 Å². The number of halogens is 3. The second kappa shape index (κ2) is 8.15. The Hall–Kier alpha value is -2.65. The molecular formula is C16H11ClF2N4O2S. The van der Waals surface area contributed by atoms with Crippen molar-refractivity contribution in [1.82, 2.24) is 15.6 Å². The topological polar surface area (TPSA) is 80.0 Å². The van der Waals surface area contributed by atoms with Crippen molar-refractivity contribution in [3.63, 3.8) is 0 Å². The third kappa shape index (κ3) is 4.70. The SMILES string of the molecule is O=C(CSc1ccc(F)c(F)c1)NNc1nc(-c2ccc(Cl)cc2)no1. The zero-order valence-corrected chi connectivity index (χ0v) is 14.6. The minimum Gasteiger partial charge on any atom is -0.313 e. The molecule has 0 radical (unpaired) electrons. The van der Waals surface area contributed by atoms with E-state index in [1.165, 1.54) is 6.07 Å². The molecule has 0 saturated carbocycles. The van der Waals surface area contributed by atoms with E-state index < -0.39 is 17.5 Å². The average molecular weight is 397 g/mol. The normalized spacial score (nSPS) is 10.6. The molecule has 0 unspecified atom stereocenters. The lowest BCUT2D eigenvalue weighted by atomic mass is 10.2. The Morgan fingerprint density at radius 2 is 1.92 bits per heavy atom. The van der Waals surface area contributed by atoms with E-state index in [2.05, 4.69) is 21.0 Å². The van der Waals surface area contributed by atoms with Gasteiger partial charge in [-0.05, 0) is 42.5 Å². The summed E-state index contributed by atoms with van der Waals surface area (Å²) in [7, 11) is 0. The molecule has 26 heavy (non-hydrogen) atoms. The number of amides is 1. The number of carbonyl (C=O) groups excluding carboxylic acids is 1. The zero-order chi connectivity index (χ0) is 18.5. The third-order valence-electron chi connectivity index (χ3n) is 3.10.